The van der Waals surface area contributed by atoms with Crippen LogP contribution in [0.25, 0.3) is 0 Å². The average molecular weight is 485 g/mol. The fourth-order valence-corrected chi connectivity index (χ4v) is 4.98. The lowest BCUT2D eigenvalue weighted by molar-refractivity contribution is 0.444. The number of hydrogen-bond acceptors (Lipinski definition) is 5. The number of aryl methyl sites for hydroxylation is 1. The summed E-state index contributed by atoms with van der Waals surface area (Å²) in [6.07, 6.45) is 9.23. The Morgan fingerprint density at radius 2 is 1.68 bits per heavy atom. The first-order chi connectivity index (χ1) is 16.6. The summed E-state index contributed by atoms with van der Waals surface area (Å²) < 4.78 is 13.1. The van der Waals surface area contributed by atoms with E-state index in [1.807, 2.05) is 12.1 Å². The molecule has 0 saturated carbocycles. The van der Waals surface area contributed by atoms with E-state index < -0.39 is 0 Å². The monoisotopic (exact) mass is 484 g/mol. The Hall–Kier alpha value is -2.48. The van der Waals surface area contributed by atoms with Gasteiger partial charge in [-0.15, -0.1) is 0 Å². The summed E-state index contributed by atoms with van der Waals surface area (Å²) in [4.78, 5) is 14.5. The molecular formula is C26H37FN6S. The maximum atomic E-state index is 13.1. The van der Waals surface area contributed by atoms with E-state index in [1.165, 1.54) is 50.7 Å². The molecular weight excluding hydrogens is 447 g/mol. The second-order valence-electron chi connectivity index (χ2n) is 9.61. The highest BCUT2D eigenvalue weighted by Gasteiger charge is 2.21. The van der Waals surface area contributed by atoms with Gasteiger partial charge in [0.1, 0.15) is 17.5 Å². The van der Waals surface area contributed by atoms with Crippen LogP contribution in [0.2, 0.25) is 0 Å². The van der Waals surface area contributed by atoms with Gasteiger partial charge in [0.2, 0.25) is 5.95 Å². The predicted octanol–water partition coefficient (Wildman–Crippen LogP) is 5.15. The number of nitrogens with one attached hydrogen (secondary N) is 2. The summed E-state index contributed by atoms with van der Waals surface area (Å²) >= 11 is 5.54. The smallest absolute Gasteiger partial charge is 0.232 e. The highest BCUT2D eigenvalue weighted by atomic mass is 32.1. The van der Waals surface area contributed by atoms with Gasteiger partial charge in [-0.05, 0) is 74.4 Å². The minimum atomic E-state index is -0.201. The Kier molecular flexibility index (Phi) is 8.91. The standard InChI is InChI=1S/C26H37FN6S/c1-20-8-7-17-33(19-20)24-18-23(32-15-4-2-3-5-16-32)29-25(30-24)31-26(34)28-14-6-9-21-10-12-22(27)13-11-21/h10-13,18,20H,2-9,14-17,19H2,1H3,(H2,28,29,30,31,34)/t20-/m0/s1. The molecule has 0 aliphatic carbocycles. The lowest BCUT2D eigenvalue weighted by Gasteiger charge is -2.33. The van der Waals surface area contributed by atoms with Gasteiger partial charge in [0, 0.05) is 38.8 Å². The molecule has 184 valence electrons. The van der Waals surface area contributed by atoms with Gasteiger partial charge in [-0.3, -0.25) is 0 Å². The van der Waals surface area contributed by atoms with Crippen LogP contribution >= 0.6 is 12.2 Å². The molecule has 2 aliphatic rings. The van der Waals surface area contributed by atoms with E-state index in [0.717, 1.165) is 62.8 Å². The van der Waals surface area contributed by atoms with Gasteiger partial charge < -0.3 is 20.4 Å². The predicted molar refractivity (Wildman–Crippen MR) is 142 cm³/mol. The number of benzene rings is 1. The van der Waals surface area contributed by atoms with Crippen molar-refractivity contribution in [1.29, 1.82) is 0 Å². The van der Waals surface area contributed by atoms with E-state index in [2.05, 4.69) is 33.4 Å². The molecule has 0 radical (unpaired) electrons. The second kappa shape index (κ2) is 12.3. The first kappa shape index (κ1) is 24.6. The minimum absolute atomic E-state index is 0.201. The number of nitrogens with zero attached hydrogens (tertiary/aromatic N) is 4. The molecule has 0 spiro atoms. The number of rotatable bonds is 7. The van der Waals surface area contributed by atoms with Gasteiger partial charge in [-0.25, -0.2) is 4.39 Å². The molecule has 6 nitrogen and oxygen atoms in total. The first-order valence-corrected chi connectivity index (χ1v) is 13.2. The molecule has 0 unspecified atom stereocenters. The van der Waals surface area contributed by atoms with Crippen LogP contribution in [0.3, 0.4) is 0 Å². The van der Waals surface area contributed by atoms with Crippen molar-refractivity contribution in [2.24, 2.45) is 5.92 Å². The summed E-state index contributed by atoms with van der Waals surface area (Å²) in [5, 5.41) is 7.03. The maximum absolute atomic E-state index is 13.1. The SMILES string of the molecule is C[C@H]1CCCN(c2cc(N3CCCCCC3)nc(NC(=S)NCCCc3ccc(F)cc3)n2)C1. The Morgan fingerprint density at radius 3 is 2.38 bits per heavy atom. The Balaban J connectivity index is 1.39. The van der Waals surface area contributed by atoms with Crippen molar-refractivity contribution in [3.8, 4) is 0 Å². The van der Waals surface area contributed by atoms with Crippen LogP contribution in [0.1, 0.15) is 57.4 Å². The van der Waals surface area contributed by atoms with Crippen LogP contribution in [-0.4, -0.2) is 47.8 Å². The van der Waals surface area contributed by atoms with Crippen molar-refractivity contribution in [2.75, 3.05) is 47.8 Å². The van der Waals surface area contributed by atoms with E-state index in [0.29, 0.717) is 17.0 Å². The van der Waals surface area contributed by atoms with Crippen LogP contribution in [-0.2, 0) is 6.42 Å². The minimum Gasteiger partial charge on any atom is -0.362 e. The van der Waals surface area contributed by atoms with Gasteiger partial charge in [-0.1, -0.05) is 31.9 Å². The van der Waals surface area contributed by atoms with Crippen LogP contribution in [0, 0.1) is 11.7 Å². The van der Waals surface area contributed by atoms with Crippen molar-refractivity contribution in [3.05, 3.63) is 41.7 Å². The number of piperidine rings is 1. The third kappa shape index (κ3) is 7.26. The summed E-state index contributed by atoms with van der Waals surface area (Å²) in [6.45, 7) is 7.18. The van der Waals surface area contributed by atoms with Crippen LogP contribution < -0.4 is 20.4 Å². The van der Waals surface area contributed by atoms with Gasteiger partial charge in [0.15, 0.2) is 5.11 Å². The highest BCUT2D eigenvalue weighted by Crippen LogP contribution is 2.27. The second-order valence-corrected chi connectivity index (χ2v) is 10.0. The van der Waals surface area contributed by atoms with Crippen LogP contribution in [0.5, 0.6) is 0 Å². The molecule has 2 aliphatic heterocycles. The number of thiocarbonyl (C=S) groups is 1. The molecule has 2 aromatic rings. The lowest BCUT2D eigenvalue weighted by atomic mass is 10.0. The fraction of sp³-hybridized carbons (Fsp3) is 0.577. The molecule has 2 N–H and O–H groups in total. The number of aromatic nitrogens is 2. The van der Waals surface area contributed by atoms with Gasteiger partial charge in [-0.2, -0.15) is 9.97 Å². The molecule has 1 aromatic carbocycles. The van der Waals surface area contributed by atoms with Gasteiger partial charge in [0.05, 0.1) is 0 Å². The molecule has 1 atom stereocenters. The molecule has 0 amide bonds. The first-order valence-electron chi connectivity index (χ1n) is 12.7. The number of anilines is 3. The molecule has 2 fully saturated rings. The number of hydrogen-bond donors (Lipinski definition) is 2. The third-order valence-corrected chi connectivity index (χ3v) is 6.92. The molecule has 34 heavy (non-hydrogen) atoms. The molecule has 3 heterocycles. The highest BCUT2D eigenvalue weighted by molar-refractivity contribution is 7.80. The van der Waals surface area contributed by atoms with Crippen molar-refractivity contribution in [3.63, 3.8) is 0 Å². The summed E-state index contributed by atoms with van der Waals surface area (Å²) in [5.41, 5.74) is 1.12. The quantitative estimate of drug-likeness (QED) is 0.416. The summed E-state index contributed by atoms with van der Waals surface area (Å²) in [7, 11) is 0. The van der Waals surface area contributed by atoms with E-state index in [4.69, 9.17) is 22.2 Å². The number of halogens is 1. The Morgan fingerprint density at radius 1 is 1.00 bits per heavy atom. The summed E-state index contributed by atoms with van der Waals surface area (Å²) in [6, 6.07) is 8.83. The maximum Gasteiger partial charge on any atom is 0.232 e. The van der Waals surface area contributed by atoms with Crippen molar-refractivity contribution in [1.82, 2.24) is 15.3 Å². The topological polar surface area (TPSA) is 56.3 Å². The molecule has 0 bridgehead atoms. The van der Waals surface area contributed by atoms with Gasteiger partial charge >= 0.3 is 0 Å². The Labute approximate surface area is 208 Å². The summed E-state index contributed by atoms with van der Waals surface area (Å²) in [5.74, 6) is 3.01. The molecule has 1 aromatic heterocycles. The van der Waals surface area contributed by atoms with Crippen LogP contribution in [0.15, 0.2) is 30.3 Å². The molecule has 8 heteroatoms. The van der Waals surface area contributed by atoms with Crippen molar-refractivity contribution >= 4 is 34.9 Å². The van der Waals surface area contributed by atoms with Crippen molar-refractivity contribution < 1.29 is 4.39 Å². The zero-order valence-electron chi connectivity index (χ0n) is 20.2. The normalized spacial score (nSPS) is 18.9. The average Bonchev–Trinajstić information content (AvgIpc) is 3.13. The molecule has 4 rings (SSSR count). The lowest BCUT2D eigenvalue weighted by Crippen LogP contribution is -2.36. The van der Waals surface area contributed by atoms with Gasteiger partial charge in [0.25, 0.3) is 0 Å². The van der Waals surface area contributed by atoms with E-state index in [1.54, 1.807) is 0 Å². The van der Waals surface area contributed by atoms with E-state index in [9.17, 15) is 4.39 Å². The largest absolute Gasteiger partial charge is 0.362 e. The van der Waals surface area contributed by atoms with Crippen molar-refractivity contribution in [2.45, 2.75) is 58.3 Å². The van der Waals surface area contributed by atoms with Crippen LogP contribution in [0.4, 0.5) is 22.0 Å². The van der Waals surface area contributed by atoms with E-state index in [-0.39, 0.29) is 5.82 Å². The zero-order valence-corrected chi connectivity index (χ0v) is 21.0. The third-order valence-electron chi connectivity index (χ3n) is 6.68. The Bertz CT molecular complexity index is 909. The fourth-order valence-electron chi connectivity index (χ4n) is 4.79. The zero-order chi connectivity index (χ0) is 23.8. The molecule has 2 saturated heterocycles. The van der Waals surface area contributed by atoms with E-state index >= 15 is 0 Å².